The molecule has 1 aliphatic heterocycles. The number of hydrogen-bond donors (Lipinski definition) is 1. The number of non-ortho nitro benzene ring substituents is 1. The number of aromatic nitrogens is 2. The number of para-hydroxylation sites is 1. The number of rotatable bonds is 5. The van der Waals surface area contributed by atoms with Gasteiger partial charge in [0.1, 0.15) is 11.5 Å². The van der Waals surface area contributed by atoms with Crippen molar-refractivity contribution in [1.29, 1.82) is 0 Å². The number of hydrogen-bond acceptors (Lipinski definition) is 9. The molecule has 0 fully saturated rings. The summed E-state index contributed by atoms with van der Waals surface area (Å²) in [4.78, 5) is 57.4. The molecule has 1 N–H and O–H groups in total. The fraction of sp³-hybridized carbons (Fsp3) is 0.0833. The van der Waals surface area contributed by atoms with Crippen molar-refractivity contribution in [2.75, 3.05) is 19.1 Å². The molecule has 0 unspecified atom stereocenters. The van der Waals surface area contributed by atoms with Crippen molar-refractivity contribution >= 4 is 34.2 Å². The van der Waals surface area contributed by atoms with E-state index in [4.69, 9.17) is 9.47 Å². The summed E-state index contributed by atoms with van der Waals surface area (Å²) >= 11 is 0. The molecule has 0 radical (unpaired) electrons. The van der Waals surface area contributed by atoms with Crippen LogP contribution in [0.25, 0.3) is 22.3 Å². The highest BCUT2D eigenvalue weighted by Gasteiger charge is 2.30. The molecule has 3 aromatic rings. The molecule has 1 aliphatic rings. The van der Waals surface area contributed by atoms with E-state index in [2.05, 4.69) is 9.97 Å². The molecule has 0 saturated carbocycles. The third-order valence-corrected chi connectivity index (χ3v) is 5.21. The monoisotopic (exact) mass is 474 g/mol. The number of allylic oxidation sites excluding steroid dienone is 2. The quantitative estimate of drug-likeness (QED) is 0.335. The van der Waals surface area contributed by atoms with Crippen molar-refractivity contribution < 1.29 is 24.0 Å². The number of H-pyrrole nitrogens is 1. The zero-order valence-corrected chi connectivity index (χ0v) is 18.6. The van der Waals surface area contributed by atoms with Crippen LogP contribution in [0.5, 0.6) is 0 Å². The maximum atomic E-state index is 12.8. The number of nitrogens with one attached hydrogen (secondary N) is 1. The number of carbonyl (C=O) groups excluding carboxylic acids is 2. The number of anilines is 1. The van der Waals surface area contributed by atoms with Gasteiger partial charge in [0.25, 0.3) is 11.2 Å². The van der Waals surface area contributed by atoms with Gasteiger partial charge in [0.2, 0.25) is 0 Å². The predicted molar refractivity (Wildman–Crippen MR) is 126 cm³/mol. The molecule has 2 aromatic carbocycles. The van der Waals surface area contributed by atoms with Gasteiger partial charge in [0.15, 0.2) is 0 Å². The van der Waals surface area contributed by atoms with Gasteiger partial charge in [-0.25, -0.2) is 14.6 Å². The van der Waals surface area contributed by atoms with E-state index < -0.39 is 22.4 Å². The summed E-state index contributed by atoms with van der Waals surface area (Å²) in [7, 11) is 2.29. The summed E-state index contributed by atoms with van der Waals surface area (Å²) in [6.07, 6.45) is 5.82. The van der Waals surface area contributed by atoms with Crippen LogP contribution in [0, 0.1) is 10.1 Å². The molecule has 0 spiro atoms. The maximum Gasteiger partial charge on any atom is 0.355 e. The number of methoxy groups -OCH3 is 2. The summed E-state index contributed by atoms with van der Waals surface area (Å²) in [6.45, 7) is 0. The molecule has 0 bridgehead atoms. The lowest BCUT2D eigenvalue weighted by molar-refractivity contribution is -0.384. The molecule has 0 atom stereocenters. The second-order valence-electron chi connectivity index (χ2n) is 7.21. The van der Waals surface area contributed by atoms with Crippen LogP contribution in [0.2, 0.25) is 0 Å². The molecule has 0 saturated heterocycles. The Morgan fingerprint density at radius 1 is 1.06 bits per heavy atom. The number of nitro groups is 1. The van der Waals surface area contributed by atoms with Crippen LogP contribution < -0.4 is 10.5 Å². The highest BCUT2D eigenvalue weighted by atomic mass is 16.6. The minimum atomic E-state index is -0.890. The number of nitro benzene ring substituents is 1. The first-order valence-electron chi connectivity index (χ1n) is 10.2. The van der Waals surface area contributed by atoms with E-state index in [0.29, 0.717) is 10.9 Å². The number of carbonyl (C=O) groups is 2. The molecule has 1 aromatic heterocycles. The van der Waals surface area contributed by atoms with Crippen LogP contribution in [-0.4, -0.2) is 41.0 Å². The number of nitrogens with zero attached hydrogens (tertiary/aromatic N) is 3. The minimum absolute atomic E-state index is 0.0967. The Morgan fingerprint density at radius 3 is 2.51 bits per heavy atom. The van der Waals surface area contributed by atoms with Gasteiger partial charge in [-0.3, -0.25) is 14.9 Å². The van der Waals surface area contributed by atoms with E-state index in [0.717, 1.165) is 14.2 Å². The molecular formula is C24H18N4O7. The average molecular weight is 474 g/mol. The Morgan fingerprint density at radius 2 is 1.80 bits per heavy atom. The lowest BCUT2D eigenvalue weighted by atomic mass is 10.1. The standard InChI is InChI=1S/C24H18N4O7/c1-34-23(30)17-8-5-6-12-27(20(17)24(31)35-2)19-13-14(28(32)33)10-11-16(19)21-25-18-9-4-3-7-15(18)22(29)26-21/h3-13H,1-2H3,(H,25,26,29). The van der Waals surface area contributed by atoms with Gasteiger partial charge in [0, 0.05) is 23.9 Å². The molecular weight excluding hydrogens is 456 g/mol. The van der Waals surface area contributed by atoms with Gasteiger partial charge in [-0.1, -0.05) is 18.2 Å². The third kappa shape index (κ3) is 4.29. The Balaban J connectivity index is 2.04. The Labute approximate surface area is 197 Å². The van der Waals surface area contributed by atoms with Crippen molar-refractivity contribution in [2.45, 2.75) is 0 Å². The number of ether oxygens (including phenoxy) is 2. The van der Waals surface area contributed by atoms with Gasteiger partial charge in [-0.05, 0) is 30.4 Å². The largest absolute Gasteiger partial charge is 0.465 e. The van der Waals surface area contributed by atoms with Gasteiger partial charge >= 0.3 is 11.9 Å². The SMILES string of the molecule is COC(=O)C1=C(C(=O)OC)N(c2cc([N+](=O)[O-])ccc2-c2nc3ccccc3c(=O)[nH]2)C=CC=C1. The first-order valence-corrected chi connectivity index (χ1v) is 10.2. The fourth-order valence-corrected chi connectivity index (χ4v) is 3.60. The molecule has 2 heterocycles. The van der Waals surface area contributed by atoms with Gasteiger partial charge in [-0.2, -0.15) is 0 Å². The summed E-state index contributed by atoms with van der Waals surface area (Å²) in [6, 6.07) is 10.6. The van der Waals surface area contributed by atoms with Crippen molar-refractivity contribution in [3.8, 4) is 11.4 Å². The van der Waals surface area contributed by atoms with E-state index in [1.54, 1.807) is 24.3 Å². The third-order valence-electron chi connectivity index (χ3n) is 5.21. The van der Waals surface area contributed by atoms with Crippen LogP contribution >= 0.6 is 0 Å². The first kappa shape index (κ1) is 23.1. The second kappa shape index (κ2) is 9.43. The molecule has 11 heteroatoms. The molecule has 11 nitrogen and oxygen atoms in total. The fourth-order valence-electron chi connectivity index (χ4n) is 3.60. The summed E-state index contributed by atoms with van der Waals surface area (Å²) < 4.78 is 9.72. The molecule has 0 amide bonds. The molecule has 0 aliphatic carbocycles. The van der Waals surface area contributed by atoms with E-state index >= 15 is 0 Å². The second-order valence-corrected chi connectivity index (χ2v) is 7.21. The Kier molecular flexibility index (Phi) is 6.23. The Bertz CT molecular complexity index is 1520. The van der Waals surface area contributed by atoms with E-state index in [9.17, 15) is 24.5 Å². The van der Waals surface area contributed by atoms with Gasteiger partial charge in [0.05, 0.1) is 41.3 Å². The predicted octanol–water partition coefficient (Wildman–Crippen LogP) is 2.99. The van der Waals surface area contributed by atoms with E-state index in [1.165, 1.54) is 47.5 Å². The average Bonchev–Trinajstić information content (AvgIpc) is 3.10. The van der Waals surface area contributed by atoms with Crippen LogP contribution in [0.1, 0.15) is 0 Å². The van der Waals surface area contributed by atoms with Crippen molar-refractivity contribution in [3.05, 3.63) is 98.6 Å². The number of esters is 2. The lowest BCUT2D eigenvalue weighted by Gasteiger charge is -2.25. The topological polar surface area (TPSA) is 145 Å². The van der Waals surface area contributed by atoms with Crippen molar-refractivity contribution in [1.82, 2.24) is 9.97 Å². The first-order chi connectivity index (χ1) is 16.8. The Hall–Kier alpha value is -5.06. The minimum Gasteiger partial charge on any atom is -0.465 e. The van der Waals surface area contributed by atoms with Crippen LogP contribution in [0.3, 0.4) is 0 Å². The van der Waals surface area contributed by atoms with Crippen molar-refractivity contribution in [2.24, 2.45) is 0 Å². The zero-order chi connectivity index (χ0) is 25.1. The summed E-state index contributed by atoms with van der Waals surface area (Å²) in [5.41, 5.74) is -0.322. The van der Waals surface area contributed by atoms with Crippen LogP contribution in [-0.2, 0) is 19.1 Å². The van der Waals surface area contributed by atoms with Crippen molar-refractivity contribution in [3.63, 3.8) is 0 Å². The summed E-state index contributed by atoms with van der Waals surface area (Å²) in [5, 5.41) is 11.9. The van der Waals surface area contributed by atoms with Crippen LogP contribution in [0.4, 0.5) is 11.4 Å². The highest BCUT2D eigenvalue weighted by Crippen LogP contribution is 2.36. The summed E-state index contributed by atoms with van der Waals surface area (Å²) in [5.74, 6) is -1.60. The molecule has 35 heavy (non-hydrogen) atoms. The van der Waals surface area contributed by atoms with Gasteiger partial charge in [-0.15, -0.1) is 0 Å². The molecule has 176 valence electrons. The number of aromatic amines is 1. The van der Waals surface area contributed by atoms with Crippen LogP contribution in [0.15, 0.2) is 83.0 Å². The number of benzene rings is 2. The smallest absolute Gasteiger partial charge is 0.355 e. The van der Waals surface area contributed by atoms with E-state index in [-0.39, 0.29) is 34.0 Å². The highest BCUT2D eigenvalue weighted by molar-refractivity contribution is 6.06. The normalized spacial score (nSPS) is 13.0. The lowest BCUT2D eigenvalue weighted by Crippen LogP contribution is -2.27. The maximum absolute atomic E-state index is 12.8. The van der Waals surface area contributed by atoms with Gasteiger partial charge < -0.3 is 19.4 Å². The van der Waals surface area contributed by atoms with E-state index in [1.807, 2.05) is 0 Å². The zero-order valence-electron chi connectivity index (χ0n) is 18.6. The molecule has 4 rings (SSSR count). The number of fused-ring (bicyclic) bond motifs is 1.